The number of aromatic nitrogens is 1. The number of rotatable bonds is 3. The van der Waals surface area contributed by atoms with Crippen molar-refractivity contribution in [2.24, 2.45) is 5.73 Å². The molecule has 0 saturated heterocycles. The highest BCUT2D eigenvalue weighted by Gasteiger charge is 2.45. The van der Waals surface area contributed by atoms with Crippen LogP contribution in [0.2, 0.25) is 0 Å². The quantitative estimate of drug-likeness (QED) is 0.846. The molecule has 90 valence electrons. The van der Waals surface area contributed by atoms with E-state index in [1.807, 2.05) is 20.0 Å². The van der Waals surface area contributed by atoms with Crippen molar-refractivity contribution in [1.82, 2.24) is 10.3 Å². The Morgan fingerprint density at radius 2 is 2.24 bits per heavy atom. The van der Waals surface area contributed by atoms with Crippen LogP contribution in [0.25, 0.3) is 11.1 Å². The summed E-state index contributed by atoms with van der Waals surface area (Å²) >= 11 is 0. The van der Waals surface area contributed by atoms with Gasteiger partial charge in [-0.05, 0) is 37.6 Å². The van der Waals surface area contributed by atoms with E-state index in [2.05, 4.69) is 22.4 Å². The van der Waals surface area contributed by atoms with Gasteiger partial charge in [0.2, 0.25) is 0 Å². The van der Waals surface area contributed by atoms with Gasteiger partial charge < -0.3 is 15.5 Å². The summed E-state index contributed by atoms with van der Waals surface area (Å²) in [4.78, 5) is 4.36. The molecule has 0 aliphatic heterocycles. The maximum absolute atomic E-state index is 6.28. The molecule has 0 spiro atoms. The molecule has 1 aliphatic carbocycles. The van der Waals surface area contributed by atoms with Crippen molar-refractivity contribution in [1.29, 1.82) is 0 Å². The van der Waals surface area contributed by atoms with Crippen molar-refractivity contribution in [2.45, 2.75) is 31.3 Å². The van der Waals surface area contributed by atoms with Crippen LogP contribution in [0.1, 0.15) is 30.3 Å². The number of hydrogen-bond acceptors (Lipinski definition) is 4. The van der Waals surface area contributed by atoms with Crippen molar-refractivity contribution in [3.8, 4) is 0 Å². The first-order valence-corrected chi connectivity index (χ1v) is 5.96. The molecular weight excluding hydrogens is 214 g/mol. The normalized spacial score (nSPS) is 19.5. The first-order chi connectivity index (χ1) is 8.12. The van der Waals surface area contributed by atoms with Crippen LogP contribution in [0.5, 0.6) is 0 Å². The van der Waals surface area contributed by atoms with Crippen molar-refractivity contribution >= 4 is 11.1 Å². The van der Waals surface area contributed by atoms with Gasteiger partial charge in [0.15, 0.2) is 11.5 Å². The second-order valence-corrected chi connectivity index (χ2v) is 4.91. The Bertz CT molecular complexity index is 557. The fourth-order valence-corrected chi connectivity index (χ4v) is 2.46. The molecule has 0 amide bonds. The molecular formula is C13H17N3O. The molecule has 1 unspecified atom stereocenters. The molecule has 1 heterocycles. The molecule has 1 aromatic heterocycles. The molecule has 1 aliphatic rings. The summed E-state index contributed by atoms with van der Waals surface area (Å²) in [6.07, 6.45) is 2.16. The van der Waals surface area contributed by atoms with Crippen LogP contribution in [-0.4, -0.2) is 17.6 Å². The van der Waals surface area contributed by atoms with E-state index >= 15 is 0 Å². The Kier molecular flexibility index (Phi) is 2.24. The van der Waals surface area contributed by atoms with E-state index in [9.17, 15) is 0 Å². The molecule has 3 N–H and O–H groups in total. The van der Waals surface area contributed by atoms with Gasteiger partial charge in [0, 0.05) is 12.5 Å². The lowest BCUT2D eigenvalue weighted by Gasteiger charge is -2.23. The monoisotopic (exact) mass is 231 g/mol. The van der Waals surface area contributed by atoms with Crippen LogP contribution >= 0.6 is 0 Å². The van der Waals surface area contributed by atoms with E-state index in [1.165, 1.54) is 5.56 Å². The van der Waals surface area contributed by atoms with Crippen LogP contribution in [0.4, 0.5) is 0 Å². The van der Waals surface area contributed by atoms with Gasteiger partial charge in [0.05, 0.1) is 6.04 Å². The predicted molar refractivity (Wildman–Crippen MR) is 66.7 cm³/mol. The Morgan fingerprint density at radius 1 is 1.47 bits per heavy atom. The van der Waals surface area contributed by atoms with Crippen LogP contribution < -0.4 is 11.1 Å². The highest BCUT2D eigenvalue weighted by Crippen LogP contribution is 2.43. The molecule has 0 bridgehead atoms. The minimum Gasteiger partial charge on any atom is -0.441 e. The van der Waals surface area contributed by atoms with Crippen LogP contribution in [-0.2, 0) is 0 Å². The van der Waals surface area contributed by atoms with Crippen LogP contribution in [0, 0.1) is 6.92 Å². The van der Waals surface area contributed by atoms with Gasteiger partial charge in [0.25, 0.3) is 0 Å². The van der Waals surface area contributed by atoms with Gasteiger partial charge >= 0.3 is 0 Å². The van der Waals surface area contributed by atoms with Crippen molar-refractivity contribution in [2.75, 3.05) is 7.05 Å². The fraction of sp³-hybridized carbons (Fsp3) is 0.462. The molecule has 3 rings (SSSR count). The topological polar surface area (TPSA) is 64.1 Å². The summed E-state index contributed by atoms with van der Waals surface area (Å²) in [6, 6.07) is 6.31. The van der Waals surface area contributed by atoms with Crippen molar-refractivity contribution in [3.63, 3.8) is 0 Å². The van der Waals surface area contributed by atoms with Crippen molar-refractivity contribution in [3.05, 3.63) is 29.7 Å². The van der Waals surface area contributed by atoms with Gasteiger partial charge in [-0.3, -0.25) is 0 Å². The molecule has 2 aromatic rings. The van der Waals surface area contributed by atoms with E-state index < -0.39 is 0 Å². The number of benzene rings is 1. The second kappa shape index (κ2) is 3.55. The number of oxazole rings is 1. The van der Waals surface area contributed by atoms with E-state index in [0.717, 1.165) is 23.9 Å². The van der Waals surface area contributed by atoms with E-state index in [1.54, 1.807) is 0 Å². The molecule has 4 heteroatoms. The van der Waals surface area contributed by atoms with Gasteiger partial charge in [-0.15, -0.1) is 0 Å². The Labute approximate surface area is 100 Å². The molecule has 1 aromatic carbocycles. The molecule has 0 radical (unpaired) electrons. The number of hydrogen-bond donors (Lipinski definition) is 2. The zero-order chi connectivity index (χ0) is 12.0. The summed E-state index contributed by atoms with van der Waals surface area (Å²) in [7, 11) is 1.95. The van der Waals surface area contributed by atoms with Gasteiger partial charge in [-0.25, -0.2) is 4.98 Å². The second-order valence-electron chi connectivity index (χ2n) is 4.91. The zero-order valence-electron chi connectivity index (χ0n) is 10.2. The number of nitrogens with two attached hydrogens (primary N) is 1. The lowest BCUT2D eigenvalue weighted by Crippen LogP contribution is -2.38. The Hall–Kier alpha value is -1.39. The SMILES string of the molecule is CNC(c1ccc2oc(C)nc2c1)C1(N)CC1. The van der Waals surface area contributed by atoms with Crippen LogP contribution in [0.3, 0.4) is 0 Å². The van der Waals surface area contributed by atoms with E-state index in [-0.39, 0.29) is 11.6 Å². The molecule has 1 saturated carbocycles. The van der Waals surface area contributed by atoms with Crippen molar-refractivity contribution < 1.29 is 4.42 Å². The number of fused-ring (bicyclic) bond motifs is 1. The smallest absolute Gasteiger partial charge is 0.192 e. The summed E-state index contributed by atoms with van der Waals surface area (Å²) in [5.74, 6) is 0.701. The first kappa shape index (κ1) is 10.7. The third-order valence-electron chi connectivity index (χ3n) is 3.54. The van der Waals surface area contributed by atoms with Gasteiger partial charge in [0.1, 0.15) is 5.52 Å². The Morgan fingerprint density at radius 3 is 2.88 bits per heavy atom. The first-order valence-electron chi connectivity index (χ1n) is 5.96. The summed E-state index contributed by atoms with van der Waals surface area (Å²) < 4.78 is 5.47. The number of aryl methyl sites for hydroxylation is 1. The molecule has 1 atom stereocenters. The maximum Gasteiger partial charge on any atom is 0.192 e. The minimum absolute atomic E-state index is 0.0821. The van der Waals surface area contributed by atoms with Gasteiger partial charge in [-0.1, -0.05) is 6.07 Å². The highest BCUT2D eigenvalue weighted by molar-refractivity contribution is 5.73. The minimum atomic E-state index is -0.0821. The highest BCUT2D eigenvalue weighted by atomic mass is 16.3. The average molecular weight is 231 g/mol. The lowest BCUT2D eigenvalue weighted by molar-refractivity contribution is 0.462. The fourth-order valence-electron chi connectivity index (χ4n) is 2.46. The Balaban J connectivity index is 2.04. The van der Waals surface area contributed by atoms with E-state index in [0.29, 0.717) is 5.89 Å². The predicted octanol–water partition coefficient (Wildman–Crippen LogP) is 1.89. The largest absolute Gasteiger partial charge is 0.441 e. The number of nitrogens with zero attached hydrogens (tertiary/aromatic N) is 1. The molecule has 17 heavy (non-hydrogen) atoms. The lowest BCUT2D eigenvalue weighted by atomic mass is 9.98. The van der Waals surface area contributed by atoms with Gasteiger partial charge in [-0.2, -0.15) is 0 Å². The van der Waals surface area contributed by atoms with E-state index in [4.69, 9.17) is 10.2 Å². The van der Waals surface area contributed by atoms with Crippen LogP contribution in [0.15, 0.2) is 22.6 Å². The summed E-state index contributed by atoms with van der Waals surface area (Å²) in [5, 5.41) is 3.31. The number of likely N-dealkylation sites (N-methyl/N-ethyl adjacent to an activating group) is 1. The average Bonchev–Trinajstić information content (AvgIpc) is 2.90. The zero-order valence-corrected chi connectivity index (χ0v) is 10.2. The maximum atomic E-state index is 6.28. The summed E-state index contributed by atoms with van der Waals surface area (Å²) in [5.41, 5.74) is 9.13. The standard InChI is InChI=1S/C13H17N3O/c1-8-16-10-7-9(3-4-11(10)17-8)12(15-2)13(14)5-6-13/h3-4,7,12,15H,5-6,14H2,1-2H3. The molecule has 1 fully saturated rings. The number of nitrogens with one attached hydrogen (secondary N) is 1. The molecule has 4 nitrogen and oxygen atoms in total. The summed E-state index contributed by atoms with van der Waals surface area (Å²) in [6.45, 7) is 1.86. The third kappa shape index (κ3) is 1.73. The third-order valence-corrected chi connectivity index (χ3v) is 3.54.